The quantitative estimate of drug-likeness (QED) is 0.306. The molecule has 0 aromatic heterocycles. The van der Waals surface area contributed by atoms with Crippen LogP contribution >= 0.6 is 0 Å². The molecular formula is C27H35N2O6+. The zero-order chi connectivity index (χ0) is 25.7. The maximum atomic E-state index is 13.3. The van der Waals surface area contributed by atoms with Gasteiger partial charge in [-0.25, -0.2) is 0 Å². The minimum absolute atomic E-state index is 0.0617. The summed E-state index contributed by atoms with van der Waals surface area (Å²) in [5, 5.41) is 11.4. The maximum Gasteiger partial charge on any atom is 0.295 e. The Morgan fingerprint density at radius 1 is 1.06 bits per heavy atom. The third-order valence-electron chi connectivity index (χ3n) is 6.11. The number of nitrogens with one attached hydrogen (secondary N) is 1. The molecule has 0 aliphatic carbocycles. The van der Waals surface area contributed by atoms with Crippen LogP contribution in [-0.4, -0.2) is 69.7 Å². The lowest BCUT2D eigenvalue weighted by molar-refractivity contribution is -0.858. The van der Waals surface area contributed by atoms with Crippen LogP contribution in [0.4, 0.5) is 0 Å². The van der Waals surface area contributed by atoms with Crippen LogP contribution in [0.1, 0.15) is 36.1 Å². The van der Waals surface area contributed by atoms with E-state index in [0.29, 0.717) is 47.9 Å². The number of methoxy groups -OCH3 is 2. The second kappa shape index (κ2) is 11.3. The number of ketones is 1. The van der Waals surface area contributed by atoms with Crippen LogP contribution in [0.2, 0.25) is 0 Å². The fourth-order valence-corrected chi connectivity index (χ4v) is 4.36. The van der Waals surface area contributed by atoms with Gasteiger partial charge in [0.2, 0.25) is 0 Å². The Hall–Kier alpha value is -3.52. The first-order valence-electron chi connectivity index (χ1n) is 11.8. The molecule has 2 aromatic carbocycles. The summed E-state index contributed by atoms with van der Waals surface area (Å²) in [5.41, 5.74) is 1.93. The van der Waals surface area contributed by atoms with Gasteiger partial charge in [-0.2, -0.15) is 0 Å². The Morgan fingerprint density at radius 2 is 1.80 bits per heavy atom. The lowest BCUT2D eigenvalue weighted by Crippen LogP contribution is -3.05. The van der Waals surface area contributed by atoms with Crippen molar-refractivity contribution in [1.82, 2.24) is 4.90 Å². The molecule has 188 valence electrons. The van der Waals surface area contributed by atoms with Crippen molar-refractivity contribution in [2.24, 2.45) is 0 Å². The van der Waals surface area contributed by atoms with Gasteiger partial charge in [0.15, 0.2) is 11.5 Å². The third-order valence-corrected chi connectivity index (χ3v) is 6.11. The van der Waals surface area contributed by atoms with Gasteiger partial charge < -0.3 is 29.1 Å². The van der Waals surface area contributed by atoms with Crippen molar-refractivity contribution in [2.45, 2.75) is 26.3 Å². The summed E-state index contributed by atoms with van der Waals surface area (Å²) in [4.78, 5) is 29.2. The molecule has 0 bridgehead atoms. The molecule has 1 amide bonds. The average Bonchev–Trinajstić information content (AvgIpc) is 3.08. The molecule has 2 aromatic rings. The van der Waals surface area contributed by atoms with Gasteiger partial charge in [-0.05, 0) is 55.3 Å². The van der Waals surface area contributed by atoms with Crippen LogP contribution in [0.25, 0.3) is 5.76 Å². The van der Waals surface area contributed by atoms with Crippen LogP contribution in [0.5, 0.6) is 17.2 Å². The average molecular weight is 484 g/mol. The molecule has 1 unspecified atom stereocenters. The molecule has 0 saturated carbocycles. The fourth-order valence-electron chi connectivity index (χ4n) is 4.36. The molecule has 0 spiro atoms. The van der Waals surface area contributed by atoms with Gasteiger partial charge in [0, 0.05) is 18.5 Å². The number of benzene rings is 2. The van der Waals surface area contributed by atoms with Gasteiger partial charge in [-0.1, -0.05) is 6.07 Å². The van der Waals surface area contributed by atoms with Gasteiger partial charge in [-0.3, -0.25) is 9.59 Å². The predicted molar refractivity (Wildman–Crippen MR) is 133 cm³/mol. The smallest absolute Gasteiger partial charge is 0.295 e. The van der Waals surface area contributed by atoms with Gasteiger partial charge in [0.05, 0.1) is 53.1 Å². The standard InChI is InChI=1S/C27H34N2O6/c1-7-35-21-12-9-18(16-22(21)34-6)24-23(25(30)20-11-10-19(33-5)15-17(20)2)26(31)27(32)29(24)14-8-13-28(3)4/h9-12,15-16,24,30H,7-8,13-14H2,1-6H3/p+1. The minimum atomic E-state index is -0.752. The van der Waals surface area contributed by atoms with E-state index in [1.807, 2.05) is 34.0 Å². The summed E-state index contributed by atoms with van der Waals surface area (Å²) in [6.45, 7) is 5.39. The van der Waals surface area contributed by atoms with Crippen molar-refractivity contribution < 1.29 is 33.8 Å². The molecule has 8 heteroatoms. The SMILES string of the molecule is CCOc1ccc(C2C(=C(O)c3ccc(OC)cc3C)C(=O)C(=O)N2CCC[NH+](C)C)cc1OC. The van der Waals surface area contributed by atoms with Gasteiger partial charge in [0.25, 0.3) is 11.7 Å². The molecule has 1 aliphatic heterocycles. The molecule has 8 nitrogen and oxygen atoms in total. The van der Waals surface area contributed by atoms with Crippen molar-refractivity contribution in [2.75, 3.05) is 48.0 Å². The number of rotatable bonds is 10. The van der Waals surface area contributed by atoms with Crippen molar-refractivity contribution in [3.8, 4) is 17.2 Å². The molecule has 35 heavy (non-hydrogen) atoms. The Labute approximate surface area is 206 Å². The van der Waals surface area contributed by atoms with E-state index in [4.69, 9.17) is 14.2 Å². The minimum Gasteiger partial charge on any atom is -0.507 e. The van der Waals surface area contributed by atoms with Crippen LogP contribution in [0.15, 0.2) is 42.0 Å². The molecule has 3 rings (SSSR count). The molecule has 1 saturated heterocycles. The highest BCUT2D eigenvalue weighted by atomic mass is 16.5. The number of quaternary nitrogens is 1. The van der Waals surface area contributed by atoms with E-state index in [1.165, 1.54) is 4.90 Å². The summed E-state index contributed by atoms with van der Waals surface area (Å²) in [5.74, 6) is 0.170. The summed E-state index contributed by atoms with van der Waals surface area (Å²) in [7, 11) is 7.18. The zero-order valence-corrected chi connectivity index (χ0v) is 21.3. The van der Waals surface area contributed by atoms with Crippen LogP contribution in [0, 0.1) is 6.92 Å². The van der Waals surface area contributed by atoms with Gasteiger partial charge >= 0.3 is 0 Å². The van der Waals surface area contributed by atoms with Crippen LogP contribution < -0.4 is 19.1 Å². The van der Waals surface area contributed by atoms with Gasteiger partial charge in [-0.15, -0.1) is 0 Å². The highest BCUT2D eigenvalue weighted by Gasteiger charge is 2.46. The number of carbonyl (C=O) groups excluding carboxylic acids is 2. The number of likely N-dealkylation sites (tertiary alicyclic amines) is 1. The topological polar surface area (TPSA) is 89.7 Å². The number of aliphatic hydroxyl groups is 1. The highest BCUT2D eigenvalue weighted by Crippen LogP contribution is 2.42. The number of hydrogen-bond acceptors (Lipinski definition) is 6. The number of nitrogens with zero attached hydrogens (tertiary/aromatic N) is 1. The predicted octanol–water partition coefficient (Wildman–Crippen LogP) is 2.37. The molecular weight excluding hydrogens is 448 g/mol. The van der Waals surface area contributed by atoms with Crippen molar-refractivity contribution in [1.29, 1.82) is 0 Å². The molecule has 1 atom stereocenters. The summed E-state index contributed by atoms with van der Waals surface area (Å²) >= 11 is 0. The molecule has 1 heterocycles. The van der Waals surface area contributed by atoms with Crippen molar-refractivity contribution in [3.05, 3.63) is 58.7 Å². The lowest BCUT2D eigenvalue weighted by atomic mass is 9.93. The number of aliphatic hydroxyl groups excluding tert-OH is 1. The second-order valence-corrected chi connectivity index (χ2v) is 8.83. The zero-order valence-electron chi connectivity index (χ0n) is 21.3. The number of hydrogen-bond donors (Lipinski definition) is 2. The van der Waals surface area contributed by atoms with E-state index in [0.717, 1.165) is 12.1 Å². The second-order valence-electron chi connectivity index (χ2n) is 8.83. The number of aryl methyl sites for hydroxylation is 1. The molecule has 1 fully saturated rings. The normalized spacial score (nSPS) is 17.2. The Morgan fingerprint density at radius 3 is 2.40 bits per heavy atom. The monoisotopic (exact) mass is 483 g/mol. The first kappa shape index (κ1) is 26.1. The first-order valence-corrected chi connectivity index (χ1v) is 11.8. The number of ether oxygens (including phenoxy) is 3. The lowest BCUT2D eigenvalue weighted by Gasteiger charge is -2.26. The van der Waals surface area contributed by atoms with Crippen molar-refractivity contribution >= 4 is 17.4 Å². The Balaban J connectivity index is 2.16. The largest absolute Gasteiger partial charge is 0.507 e. The van der Waals surface area contributed by atoms with Crippen LogP contribution in [0.3, 0.4) is 0 Å². The third kappa shape index (κ3) is 5.43. The maximum absolute atomic E-state index is 13.3. The van der Waals surface area contributed by atoms with E-state index in [-0.39, 0.29) is 11.3 Å². The van der Waals surface area contributed by atoms with E-state index in [1.54, 1.807) is 49.5 Å². The van der Waals surface area contributed by atoms with E-state index >= 15 is 0 Å². The van der Waals surface area contributed by atoms with E-state index in [9.17, 15) is 14.7 Å². The highest BCUT2D eigenvalue weighted by molar-refractivity contribution is 6.46. The van der Waals surface area contributed by atoms with Gasteiger partial charge in [0.1, 0.15) is 11.5 Å². The number of amides is 1. The summed E-state index contributed by atoms with van der Waals surface area (Å²) < 4.78 is 16.4. The molecule has 1 aliphatic rings. The van der Waals surface area contributed by atoms with Crippen LogP contribution in [-0.2, 0) is 9.59 Å². The first-order chi connectivity index (χ1) is 16.7. The van der Waals surface area contributed by atoms with E-state index < -0.39 is 17.7 Å². The molecule has 0 radical (unpaired) electrons. The molecule has 2 N–H and O–H groups in total. The van der Waals surface area contributed by atoms with E-state index in [2.05, 4.69) is 0 Å². The van der Waals surface area contributed by atoms with Crippen molar-refractivity contribution in [3.63, 3.8) is 0 Å². The number of Topliss-reactive ketones (excluding diaryl/α,β-unsaturated/α-hetero) is 1. The Bertz CT molecular complexity index is 1120. The fraction of sp³-hybridized carbons (Fsp3) is 0.407. The Kier molecular flexibility index (Phi) is 8.40. The number of carbonyl (C=O) groups is 2. The summed E-state index contributed by atoms with van der Waals surface area (Å²) in [6, 6.07) is 9.77. The summed E-state index contributed by atoms with van der Waals surface area (Å²) in [6.07, 6.45) is 0.710.